The van der Waals surface area contributed by atoms with E-state index in [2.05, 4.69) is 10.3 Å². The van der Waals surface area contributed by atoms with E-state index in [4.69, 9.17) is 0 Å². The number of rotatable bonds is 3. The molecule has 0 fully saturated rings. The summed E-state index contributed by atoms with van der Waals surface area (Å²) in [4.78, 5) is 15.7. The number of carbonyl (C=O) groups excluding carboxylic acids is 1. The Morgan fingerprint density at radius 2 is 2.25 bits per heavy atom. The summed E-state index contributed by atoms with van der Waals surface area (Å²) in [6, 6.07) is 3.22. The highest BCUT2D eigenvalue weighted by Crippen LogP contribution is 2.17. The maximum atomic E-state index is 11.8. The van der Waals surface area contributed by atoms with Crippen LogP contribution >= 0.6 is 0 Å². The molecule has 4 heteroatoms. The fourth-order valence-corrected chi connectivity index (χ4v) is 1.19. The molecule has 2 N–H and O–H groups in total. The summed E-state index contributed by atoms with van der Waals surface area (Å²) in [5, 5.41) is 12.0. The average molecular weight is 222 g/mol. The lowest BCUT2D eigenvalue weighted by Gasteiger charge is -2.23. The van der Waals surface area contributed by atoms with Gasteiger partial charge in [-0.1, -0.05) is 26.8 Å². The predicted molar refractivity (Wildman–Crippen MR) is 61.7 cm³/mol. The largest absolute Gasteiger partial charge is 0.394 e. The van der Waals surface area contributed by atoms with Crippen LogP contribution in [0.1, 0.15) is 32.4 Å². The third kappa shape index (κ3) is 3.31. The number of carbonyl (C=O) groups is 1. The SMILES string of the molecule is CC(C)(C)C(=O)N[C@H](CO)c1cccnc1. The highest BCUT2D eigenvalue weighted by Gasteiger charge is 2.24. The maximum absolute atomic E-state index is 11.8. The minimum Gasteiger partial charge on any atom is -0.394 e. The van der Waals surface area contributed by atoms with E-state index in [0.29, 0.717) is 0 Å². The average Bonchev–Trinajstić information content (AvgIpc) is 2.25. The smallest absolute Gasteiger partial charge is 0.225 e. The quantitative estimate of drug-likeness (QED) is 0.809. The number of aromatic nitrogens is 1. The molecular weight excluding hydrogens is 204 g/mol. The molecule has 0 aliphatic heterocycles. The van der Waals surface area contributed by atoms with Crippen LogP contribution in [0.3, 0.4) is 0 Å². The summed E-state index contributed by atoms with van der Waals surface area (Å²) < 4.78 is 0. The van der Waals surface area contributed by atoms with E-state index in [-0.39, 0.29) is 18.6 Å². The zero-order valence-electron chi connectivity index (χ0n) is 9.90. The zero-order chi connectivity index (χ0) is 12.2. The van der Waals surface area contributed by atoms with Gasteiger partial charge in [-0.25, -0.2) is 0 Å². The second kappa shape index (κ2) is 5.07. The number of amides is 1. The number of aliphatic hydroxyl groups excluding tert-OH is 1. The number of nitrogens with one attached hydrogen (secondary N) is 1. The predicted octanol–water partition coefficient (Wildman–Crippen LogP) is 1.28. The second-order valence-corrected chi connectivity index (χ2v) is 4.74. The lowest BCUT2D eigenvalue weighted by molar-refractivity contribution is -0.129. The van der Waals surface area contributed by atoms with Crippen molar-refractivity contribution in [3.63, 3.8) is 0 Å². The van der Waals surface area contributed by atoms with Crippen LogP contribution in [0.5, 0.6) is 0 Å². The summed E-state index contributed by atoms with van der Waals surface area (Å²) in [6.45, 7) is 5.37. The van der Waals surface area contributed by atoms with Crippen LogP contribution < -0.4 is 5.32 Å². The van der Waals surface area contributed by atoms with Gasteiger partial charge in [-0.05, 0) is 11.6 Å². The molecule has 1 rings (SSSR count). The maximum Gasteiger partial charge on any atom is 0.225 e. The molecule has 4 nitrogen and oxygen atoms in total. The molecule has 1 aromatic heterocycles. The van der Waals surface area contributed by atoms with Crippen molar-refractivity contribution in [1.29, 1.82) is 0 Å². The Morgan fingerprint density at radius 3 is 2.69 bits per heavy atom. The molecule has 0 bridgehead atoms. The summed E-state index contributed by atoms with van der Waals surface area (Å²) in [7, 11) is 0. The first-order valence-electron chi connectivity index (χ1n) is 5.27. The Hall–Kier alpha value is -1.42. The molecule has 0 radical (unpaired) electrons. The molecule has 0 saturated carbocycles. The molecule has 1 aromatic rings. The third-order valence-corrected chi connectivity index (χ3v) is 2.26. The molecule has 0 unspecified atom stereocenters. The topological polar surface area (TPSA) is 62.2 Å². The molecule has 1 amide bonds. The molecule has 1 heterocycles. The Labute approximate surface area is 95.7 Å². The molecular formula is C12H18N2O2. The van der Waals surface area contributed by atoms with E-state index in [1.165, 1.54) is 0 Å². The van der Waals surface area contributed by atoms with Crippen molar-refractivity contribution >= 4 is 5.91 Å². The standard InChI is InChI=1S/C12H18N2O2/c1-12(2,3)11(16)14-10(8-15)9-5-4-6-13-7-9/h4-7,10,15H,8H2,1-3H3,(H,14,16)/t10-/m1/s1. The molecule has 16 heavy (non-hydrogen) atoms. The van der Waals surface area contributed by atoms with Gasteiger partial charge >= 0.3 is 0 Å². The molecule has 0 aromatic carbocycles. The van der Waals surface area contributed by atoms with Crippen molar-refractivity contribution in [2.45, 2.75) is 26.8 Å². The second-order valence-electron chi connectivity index (χ2n) is 4.74. The fourth-order valence-electron chi connectivity index (χ4n) is 1.19. The summed E-state index contributed by atoms with van der Waals surface area (Å²) in [6.07, 6.45) is 3.30. The Morgan fingerprint density at radius 1 is 1.56 bits per heavy atom. The van der Waals surface area contributed by atoms with E-state index >= 15 is 0 Å². The highest BCUT2D eigenvalue weighted by atomic mass is 16.3. The summed E-state index contributed by atoms with van der Waals surface area (Å²) in [5.74, 6) is -0.0876. The number of aliphatic hydroxyl groups is 1. The first-order valence-corrected chi connectivity index (χ1v) is 5.27. The van der Waals surface area contributed by atoms with E-state index in [1.54, 1.807) is 18.5 Å². The number of hydrogen-bond acceptors (Lipinski definition) is 3. The Bertz CT molecular complexity index is 344. The van der Waals surface area contributed by atoms with E-state index in [0.717, 1.165) is 5.56 Å². The van der Waals surface area contributed by atoms with Gasteiger partial charge in [0, 0.05) is 17.8 Å². The third-order valence-electron chi connectivity index (χ3n) is 2.26. The van der Waals surface area contributed by atoms with E-state index in [1.807, 2.05) is 26.8 Å². The van der Waals surface area contributed by atoms with Gasteiger partial charge < -0.3 is 10.4 Å². The van der Waals surface area contributed by atoms with Crippen molar-refractivity contribution < 1.29 is 9.90 Å². The monoisotopic (exact) mass is 222 g/mol. The van der Waals surface area contributed by atoms with Gasteiger partial charge in [-0.3, -0.25) is 9.78 Å². The van der Waals surface area contributed by atoms with Crippen molar-refractivity contribution in [1.82, 2.24) is 10.3 Å². The Balaban J connectivity index is 2.75. The van der Waals surface area contributed by atoms with Gasteiger partial charge in [0.15, 0.2) is 0 Å². The molecule has 0 aliphatic rings. The van der Waals surface area contributed by atoms with Crippen molar-refractivity contribution in [3.8, 4) is 0 Å². The van der Waals surface area contributed by atoms with E-state index < -0.39 is 5.41 Å². The highest BCUT2D eigenvalue weighted by molar-refractivity contribution is 5.81. The summed E-state index contributed by atoms with van der Waals surface area (Å²) >= 11 is 0. The van der Waals surface area contributed by atoms with Crippen molar-refractivity contribution in [3.05, 3.63) is 30.1 Å². The minimum absolute atomic E-state index is 0.0876. The molecule has 88 valence electrons. The lowest BCUT2D eigenvalue weighted by atomic mass is 9.95. The summed E-state index contributed by atoms with van der Waals surface area (Å²) in [5.41, 5.74) is 0.345. The van der Waals surface area contributed by atoms with Crippen LogP contribution in [0.4, 0.5) is 0 Å². The molecule has 0 spiro atoms. The first kappa shape index (κ1) is 12.6. The number of nitrogens with zero attached hydrogens (tertiary/aromatic N) is 1. The number of hydrogen-bond donors (Lipinski definition) is 2. The van der Waals surface area contributed by atoms with Crippen LogP contribution in [0.2, 0.25) is 0 Å². The lowest BCUT2D eigenvalue weighted by Crippen LogP contribution is -2.38. The first-order chi connectivity index (χ1) is 7.45. The molecule has 0 saturated heterocycles. The molecule has 1 atom stereocenters. The van der Waals surface area contributed by atoms with Gasteiger partial charge in [0.25, 0.3) is 0 Å². The van der Waals surface area contributed by atoms with Gasteiger partial charge in [-0.2, -0.15) is 0 Å². The normalized spacial score (nSPS) is 13.2. The minimum atomic E-state index is -0.463. The van der Waals surface area contributed by atoms with Crippen LogP contribution in [0.25, 0.3) is 0 Å². The van der Waals surface area contributed by atoms with Crippen LogP contribution in [-0.4, -0.2) is 22.6 Å². The molecule has 0 aliphatic carbocycles. The fraction of sp³-hybridized carbons (Fsp3) is 0.500. The van der Waals surface area contributed by atoms with Crippen LogP contribution in [0, 0.1) is 5.41 Å². The Kier molecular flexibility index (Phi) is 4.01. The van der Waals surface area contributed by atoms with Crippen LogP contribution in [0.15, 0.2) is 24.5 Å². The zero-order valence-corrected chi connectivity index (χ0v) is 9.90. The van der Waals surface area contributed by atoms with Gasteiger partial charge in [0.1, 0.15) is 0 Å². The van der Waals surface area contributed by atoms with Gasteiger partial charge in [0.2, 0.25) is 5.91 Å². The van der Waals surface area contributed by atoms with Crippen molar-refractivity contribution in [2.75, 3.05) is 6.61 Å². The van der Waals surface area contributed by atoms with Crippen LogP contribution in [-0.2, 0) is 4.79 Å². The van der Waals surface area contributed by atoms with Crippen molar-refractivity contribution in [2.24, 2.45) is 5.41 Å². The van der Waals surface area contributed by atoms with Gasteiger partial charge in [0.05, 0.1) is 12.6 Å². The number of pyridine rings is 1. The van der Waals surface area contributed by atoms with Gasteiger partial charge in [-0.15, -0.1) is 0 Å². The van der Waals surface area contributed by atoms with E-state index in [9.17, 15) is 9.90 Å².